The standard InChI is InChI=1S/C15H19N3O2/c1-3-20-15(19)12-5-4-8-18(10-12)14-13(9-16)11(2)6-7-17-14/h6-7,12H,3-5,8,10H2,1-2H3. The molecule has 20 heavy (non-hydrogen) atoms. The highest BCUT2D eigenvalue weighted by Gasteiger charge is 2.28. The van der Waals surface area contributed by atoms with Crippen molar-refractivity contribution in [3.63, 3.8) is 0 Å². The number of anilines is 1. The molecule has 1 unspecified atom stereocenters. The van der Waals surface area contributed by atoms with Crippen molar-refractivity contribution in [2.75, 3.05) is 24.6 Å². The van der Waals surface area contributed by atoms with Crippen LogP contribution in [0.3, 0.4) is 0 Å². The molecule has 1 aliphatic heterocycles. The minimum absolute atomic E-state index is 0.127. The molecule has 0 aromatic carbocycles. The highest BCUT2D eigenvalue weighted by molar-refractivity contribution is 5.74. The van der Waals surface area contributed by atoms with Gasteiger partial charge in [-0.25, -0.2) is 4.98 Å². The Morgan fingerprint density at radius 3 is 3.15 bits per heavy atom. The quantitative estimate of drug-likeness (QED) is 0.788. The predicted octanol–water partition coefficient (Wildman–Crippen LogP) is 2.04. The normalized spacial score (nSPS) is 18.4. The first-order chi connectivity index (χ1) is 9.67. The van der Waals surface area contributed by atoms with Crippen LogP contribution in [0.1, 0.15) is 30.9 Å². The third kappa shape index (κ3) is 2.90. The lowest BCUT2D eigenvalue weighted by atomic mass is 9.97. The van der Waals surface area contributed by atoms with E-state index in [0.717, 1.165) is 24.9 Å². The number of rotatable bonds is 3. The topological polar surface area (TPSA) is 66.2 Å². The Labute approximate surface area is 119 Å². The SMILES string of the molecule is CCOC(=O)C1CCCN(c2nccc(C)c2C#N)C1. The molecule has 5 nitrogen and oxygen atoms in total. The largest absolute Gasteiger partial charge is 0.466 e. The van der Waals surface area contributed by atoms with Crippen molar-refractivity contribution in [3.8, 4) is 6.07 Å². The molecule has 0 radical (unpaired) electrons. The molecule has 1 atom stereocenters. The Hall–Kier alpha value is -2.09. The number of hydrogen-bond donors (Lipinski definition) is 0. The molecule has 0 aliphatic carbocycles. The van der Waals surface area contributed by atoms with E-state index >= 15 is 0 Å². The van der Waals surface area contributed by atoms with E-state index in [1.54, 1.807) is 6.20 Å². The van der Waals surface area contributed by atoms with Gasteiger partial charge in [-0.1, -0.05) is 0 Å². The molecular weight excluding hydrogens is 254 g/mol. The molecule has 0 bridgehead atoms. The fraction of sp³-hybridized carbons (Fsp3) is 0.533. The summed E-state index contributed by atoms with van der Waals surface area (Å²) in [5, 5.41) is 9.28. The zero-order valence-electron chi connectivity index (χ0n) is 11.9. The maximum atomic E-state index is 11.9. The van der Waals surface area contributed by atoms with Gasteiger partial charge in [-0.3, -0.25) is 4.79 Å². The van der Waals surface area contributed by atoms with E-state index in [2.05, 4.69) is 11.1 Å². The molecule has 0 spiro atoms. The van der Waals surface area contributed by atoms with Crippen LogP contribution in [0.4, 0.5) is 5.82 Å². The van der Waals surface area contributed by atoms with Crippen molar-refractivity contribution < 1.29 is 9.53 Å². The van der Waals surface area contributed by atoms with E-state index in [1.165, 1.54) is 0 Å². The van der Waals surface area contributed by atoms with Gasteiger partial charge >= 0.3 is 5.97 Å². The third-order valence-electron chi connectivity index (χ3n) is 3.59. The number of carbonyl (C=O) groups is 1. The van der Waals surface area contributed by atoms with Crippen LogP contribution in [0.15, 0.2) is 12.3 Å². The molecule has 1 aromatic rings. The fourth-order valence-corrected chi connectivity index (χ4v) is 2.54. The van der Waals surface area contributed by atoms with E-state index in [0.29, 0.717) is 24.5 Å². The second kappa shape index (κ2) is 6.38. The number of aromatic nitrogens is 1. The minimum Gasteiger partial charge on any atom is -0.466 e. The van der Waals surface area contributed by atoms with E-state index in [9.17, 15) is 10.1 Å². The summed E-state index contributed by atoms with van der Waals surface area (Å²) >= 11 is 0. The van der Waals surface area contributed by atoms with Crippen molar-refractivity contribution in [1.82, 2.24) is 4.98 Å². The van der Waals surface area contributed by atoms with Gasteiger partial charge < -0.3 is 9.64 Å². The molecule has 1 fully saturated rings. The Morgan fingerprint density at radius 2 is 2.45 bits per heavy atom. The van der Waals surface area contributed by atoms with Crippen molar-refractivity contribution in [3.05, 3.63) is 23.4 Å². The van der Waals surface area contributed by atoms with E-state index < -0.39 is 0 Å². The van der Waals surface area contributed by atoms with Gasteiger partial charge in [0.25, 0.3) is 0 Å². The van der Waals surface area contributed by atoms with Crippen LogP contribution in [0.2, 0.25) is 0 Å². The van der Waals surface area contributed by atoms with E-state index in [-0.39, 0.29) is 11.9 Å². The Kier molecular flexibility index (Phi) is 4.57. The molecule has 1 aliphatic rings. The number of esters is 1. The van der Waals surface area contributed by atoms with Crippen LogP contribution in [0.5, 0.6) is 0 Å². The lowest BCUT2D eigenvalue weighted by Crippen LogP contribution is -2.40. The summed E-state index contributed by atoms with van der Waals surface area (Å²) in [5.74, 6) is 0.405. The summed E-state index contributed by atoms with van der Waals surface area (Å²) in [6.45, 7) is 5.51. The van der Waals surface area contributed by atoms with Crippen LogP contribution < -0.4 is 4.90 Å². The zero-order valence-corrected chi connectivity index (χ0v) is 11.9. The molecule has 0 amide bonds. The van der Waals surface area contributed by atoms with E-state index in [1.807, 2.05) is 24.8 Å². The fourth-order valence-electron chi connectivity index (χ4n) is 2.54. The summed E-state index contributed by atoms with van der Waals surface area (Å²) in [5.41, 5.74) is 1.51. The maximum absolute atomic E-state index is 11.9. The highest BCUT2D eigenvalue weighted by atomic mass is 16.5. The molecule has 0 saturated carbocycles. The summed E-state index contributed by atoms with van der Waals surface area (Å²) in [6.07, 6.45) is 3.45. The smallest absolute Gasteiger partial charge is 0.310 e. The van der Waals surface area contributed by atoms with Crippen molar-refractivity contribution in [2.24, 2.45) is 5.92 Å². The van der Waals surface area contributed by atoms with Gasteiger partial charge in [-0.05, 0) is 38.3 Å². The molecule has 106 valence electrons. The third-order valence-corrected chi connectivity index (χ3v) is 3.59. The second-order valence-corrected chi connectivity index (χ2v) is 4.98. The summed E-state index contributed by atoms with van der Waals surface area (Å²) in [6, 6.07) is 4.04. The predicted molar refractivity (Wildman–Crippen MR) is 75.3 cm³/mol. The first-order valence-electron chi connectivity index (χ1n) is 6.94. The summed E-state index contributed by atoms with van der Waals surface area (Å²) in [4.78, 5) is 18.2. The average molecular weight is 273 g/mol. The molecule has 1 aromatic heterocycles. The first kappa shape index (κ1) is 14.3. The lowest BCUT2D eigenvalue weighted by Gasteiger charge is -2.33. The molecule has 2 rings (SSSR count). The Balaban J connectivity index is 2.20. The van der Waals surface area contributed by atoms with E-state index in [4.69, 9.17) is 4.74 Å². The first-order valence-corrected chi connectivity index (χ1v) is 6.94. The molecular formula is C15H19N3O2. The van der Waals surface area contributed by atoms with Crippen LogP contribution in [0.25, 0.3) is 0 Å². The van der Waals surface area contributed by atoms with Gasteiger partial charge in [0.1, 0.15) is 11.9 Å². The summed E-state index contributed by atoms with van der Waals surface area (Å²) in [7, 11) is 0. The minimum atomic E-state index is -0.150. The van der Waals surface area contributed by atoms with Gasteiger partial charge in [0.05, 0.1) is 18.1 Å². The second-order valence-electron chi connectivity index (χ2n) is 4.98. The van der Waals surface area contributed by atoms with Crippen LogP contribution in [0, 0.1) is 24.2 Å². The number of pyridine rings is 1. The van der Waals surface area contributed by atoms with Crippen molar-refractivity contribution in [1.29, 1.82) is 5.26 Å². The number of nitrogens with zero attached hydrogens (tertiary/aromatic N) is 3. The number of carbonyl (C=O) groups excluding carboxylic acids is 1. The molecule has 1 saturated heterocycles. The number of nitriles is 1. The van der Waals surface area contributed by atoms with Crippen molar-refractivity contribution in [2.45, 2.75) is 26.7 Å². The highest BCUT2D eigenvalue weighted by Crippen LogP contribution is 2.26. The molecule has 2 heterocycles. The zero-order chi connectivity index (χ0) is 14.5. The van der Waals surface area contributed by atoms with Gasteiger partial charge in [0.15, 0.2) is 0 Å². The van der Waals surface area contributed by atoms with Crippen LogP contribution in [-0.4, -0.2) is 30.6 Å². The van der Waals surface area contributed by atoms with Crippen LogP contribution >= 0.6 is 0 Å². The summed E-state index contributed by atoms with van der Waals surface area (Å²) < 4.78 is 5.09. The van der Waals surface area contributed by atoms with Gasteiger partial charge in [0.2, 0.25) is 0 Å². The average Bonchev–Trinajstić information content (AvgIpc) is 2.47. The molecule has 5 heteroatoms. The van der Waals surface area contributed by atoms with Crippen molar-refractivity contribution >= 4 is 11.8 Å². The number of hydrogen-bond acceptors (Lipinski definition) is 5. The van der Waals surface area contributed by atoms with Crippen LogP contribution in [-0.2, 0) is 9.53 Å². The Bertz CT molecular complexity index is 536. The Morgan fingerprint density at radius 1 is 1.65 bits per heavy atom. The van der Waals surface area contributed by atoms with Gasteiger partial charge in [0, 0.05) is 19.3 Å². The molecule has 0 N–H and O–H groups in total. The monoisotopic (exact) mass is 273 g/mol. The maximum Gasteiger partial charge on any atom is 0.310 e. The van der Waals surface area contributed by atoms with Gasteiger partial charge in [-0.2, -0.15) is 5.26 Å². The number of piperidine rings is 1. The van der Waals surface area contributed by atoms with Gasteiger partial charge in [-0.15, -0.1) is 0 Å². The lowest BCUT2D eigenvalue weighted by molar-refractivity contribution is -0.148. The number of aryl methyl sites for hydroxylation is 1. The number of ether oxygens (including phenoxy) is 1.